The van der Waals surface area contributed by atoms with E-state index in [1.54, 1.807) is 0 Å². The van der Waals surface area contributed by atoms with E-state index in [9.17, 15) is 0 Å². The van der Waals surface area contributed by atoms with Crippen molar-refractivity contribution in [3.63, 3.8) is 0 Å². The van der Waals surface area contributed by atoms with Crippen molar-refractivity contribution in [3.8, 4) is 0 Å². The summed E-state index contributed by atoms with van der Waals surface area (Å²) >= 11 is 0. The zero-order chi connectivity index (χ0) is 15.5. The molecule has 3 nitrogen and oxygen atoms in total. The van der Waals surface area contributed by atoms with Crippen molar-refractivity contribution in [1.82, 2.24) is 4.98 Å². The largest absolute Gasteiger partial charge is 0.381 e. The Morgan fingerprint density at radius 2 is 1.95 bits per heavy atom. The molecule has 0 radical (unpaired) electrons. The molecule has 1 N–H and O–H groups in total. The van der Waals surface area contributed by atoms with E-state index in [4.69, 9.17) is 0 Å². The van der Waals surface area contributed by atoms with Crippen LogP contribution in [0.25, 0.3) is 0 Å². The SMILES string of the molecule is CCN(CC)c1ccc(NC2CC(C)CC(C)(C)C2)cn1. The lowest BCUT2D eigenvalue weighted by molar-refractivity contribution is 0.178. The summed E-state index contributed by atoms with van der Waals surface area (Å²) in [7, 11) is 0. The van der Waals surface area contributed by atoms with E-state index in [0.29, 0.717) is 11.5 Å². The molecule has 118 valence electrons. The molecule has 1 fully saturated rings. The Morgan fingerprint density at radius 1 is 1.24 bits per heavy atom. The molecule has 1 aliphatic rings. The average Bonchev–Trinajstić information content (AvgIpc) is 2.39. The molecule has 0 aliphatic heterocycles. The highest BCUT2D eigenvalue weighted by molar-refractivity contribution is 5.49. The second-order valence-electron chi connectivity index (χ2n) is 7.33. The first-order valence-electron chi connectivity index (χ1n) is 8.41. The lowest BCUT2D eigenvalue weighted by atomic mass is 9.70. The zero-order valence-electron chi connectivity index (χ0n) is 14.3. The molecule has 0 aromatic carbocycles. The monoisotopic (exact) mass is 289 g/mol. The van der Waals surface area contributed by atoms with E-state index in [-0.39, 0.29) is 0 Å². The van der Waals surface area contributed by atoms with Gasteiger partial charge in [-0.3, -0.25) is 0 Å². The van der Waals surface area contributed by atoms with Crippen molar-refractivity contribution >= 4 is 11.5 Å². The molecule has 2 unspecified atom stereocenters. The van der Waals surface area contributed by atoms with Crippen LogP contribution in [0.2, 0.25) is 0 Å². The summed E-state index contributed by atoms with van der Waals surface area (Å²) in [6.45, 7) is 13.5. The van der Waals surface area contributed by atoms with E-state index in [0.717, 1.165) is 30.5 Å². The lowest BCUT2D eigenvalue weighted by Crippen LogP contribution is -2.35. The van der Waals surface area contributed by atoms with Gasteiger partial charge in [0.1, 0.15) is 5.82 Å². The molecule has 1 heterocycles. The first-order chi connectivity index (χ1) is 9.93. The highest BCUT2D eigenvalue weighted by Gasteiger charge is 2.31. The Hall–Kier alpha value is -1.25. The topological polar surface area (TPSA) is 28.2 Å². The van der Waals surface area contributed by atoms with E-state index in [1.165, 1.54) is 19.3 Å². The molecule has 1 aliphatic carbocycles. The van der Waals surface area contributed by atoms with Crippen LogP contribution in [-0.2, 0) is 0 Å². The van der Waals surface area contributed by atoms with Crippen LogP contribution in [0.3, 0.4) is 0 Å². The van der Waals surface area contributed by atoms with Crippen molar-refractivity contribution in [2.45, 2.75) is 59.9 Å². The van der Waals surface area contributed by atoms with Crippen molar-refractivity contribution in [1.29, 1.82) is 0 Å². The van der Waals surface area contributed by atoms with Crippen LogP contribution in [0.4, 0.5) is 11.5 Å². The molecule has 0 saturated heterocycles. The number of anilines is 2. The predicted octanol–water partition coefficient (Wildman–Crippen LogP) is 4.55. The van der Waals surface area contributed by atoms with Gasteiger partial charge in [-0.05, 0) is 56.6 Å². The predicted molar refractivity (Wildman–Crippen MR) is 92.0 cm³/mol. The molecule has 0 spiro atoms. The summed E-state index contributed by atoms with van der Waals surface area (Å²) in [5.74, 6) is 1.87. The molecule has 1 aromatic heterocycles. The van der Waals surface area contributed by atoms with E-state index < -0.39 is 0 Å². The number of nitrogens with zero attached hydrogens (tertiary/aromatic N) is 2. The number of aromatic nitrogens is 1. The second kappa shape index (κ2) is 6.67. The summed E-state index contributed by atoms with van der Waals surface area (Å²) in [6.07, 6.45) is 5.83. The number of hydrogen-bond acceptors (Lipinski definition) is 3. The van der Waals surface area contributed by atoms with Crippen molar-refractivity contribution in [2.75, 3.05) is 23.3 Å². The van der Waals surface area contributed by atoms with Crippen LogP contribution in [-0.4, -0.2) is 24.1 Å². The lowest BCUT2D eigenvalue weighted by Gasteiger charge is -2.39. The van der Waals surface area contributed by atoms with Gasteiger partial charge in [0.2, 0.25) is 0 Å². The third-order valence-electron chi connectivity index (χ3n) is 4.59. The smallest absolute Gasteiger partial charge is 0.128 e. The third kappa shape index (κ3) is 4.36. The fourth-order valence-corrected chi connectivity index (χ4v) is 3.90. The molecule has 2 rings (SSSR count). The van der Waals surface area contributed by atoms with Gasteiger partial charge in [-0.2, -0.15) is 0 Å². The van der Waals surface area contributed by atoms with Gasteiger partial charge in [0, 0.05) is 19.1 Å². The maximum Gasteiger partial charge on any atom is 0.128 e. The maximum atomic E-state index is 4.60. The Kier molecular flexibility index (Phi) is 5.13. The minimum atomic E-state index is 0.448. The van der Waals surface area contributed by atoms with Crippen LogP contribution >= 0.6 is 0 Å². The molecule has 1 aromatic rings. The minimum Gasteiger partial charge on any atom is -0.381 e. The maximum absolute atomic E-state index is 4.60. The van der Waals surface area contributed by atoms with Crippen molar-refractivity contribution < 1.29 is 0 Å². The Morgan fingerprint density at radius 3 is 2.48 bits per heavy atom. The van der Waals surface area contributed by atoms with Crippen LogP contribution < -0.4 is 10.2 Å². The number of nitrogens with one attached hydrogen (secondary N) is 1. The summed E-state index contributed by atoms with van der Waals surface area (Å²) in [4.78, 5) is 6.88. The van der Waals surface area contributed by atoms with Crippen LogP contribution in [0.15, 0.2) is 18.3 Å². The Balaban J connectivity index is 2.00. The average molecular weight is 289 g/mol. The standard InChI is InChI=1S/C18H31N3/c1-6-21(7-2)17-9-8-15(13-19-17)20-16-10-14(3)11-18(4,5)12-16/h8-9,13-14,16,20H,6-7,10-12H2,1-5H3. The van der Waals surface area contributed by atoms with Crippen LogP contribution in [0.1, 0.15) is 53.9 Å². The second-order valence-corrected chi connectivity index (χ2v) is 7.33. The summed E-state index contributed by atoms with van der Waals surface area (Å²) in [6, 6.07) is 4.88. The van der Waals surface area contributed by atoms with Gasteiger partial charge in [-0.15, -0.1) is 0 Å². The van der Waals surface area contributed by atoms with Gasteiger partial charge >= 0.3 is 0 Å². The number of hydrogen-bond donors (Lipinski definition) is 1. The van der Waals surface area contributed by atoms with Gasteiger partial charge in [-0.25, -0.2) is 4.98 Å². The number of rotatable bonds is 5. The molecule has 0 amide bonds. The quantitative estimate of drug-likeness (QED) is 0.861. The summed E-state index contributed by atoms with van der Waals surface area (Å²) in [5.41, 5.74) is 1.60. The molecule has 3 heteroatoms. The van der Waals surface area contributed by atoms with Crippen LogP contribution in [0, 0.1) is 11.3 Å². The molecule has 1 saturated carbocycles. The molecule has 0 bridgehead atoms. The normalized spacial score (nSPS) is 24.6. The minimum absolute atomic E-state index is 0.448. The molecular weight excluding hydrogens is 258 g/mol. The zero-order valence-corrected chi connectivity index (χ0v) is 14.3. The molecule has 21 heavy (non-hydrogen) atoms. The fraction of sp³-hybridized carbons (Fsp3) is 0.722. The van der Waals surface area contributed by atoms with Crippen molar-refractivity contribution in [2.24, 2.45) is 11.3 Å². The van der Waals surface area contributed by atoms with E-state index >= 15 is 0 Å². The summed E-state index contributed by atoms with van der Waals surface area (Å²) in [5, 5.41) is 3.69. The van der Waals surface area contributed by atoms with Gasteiger partial charge in [0.25, 0.3) is 0 Å². The molecule has 2 atom stereocenters. The van der Waals surface area contributed by atoms with Gasteiger partial charge in [0.05, 0.1) is 11.9 Å². The van der Waals surface area contributed by atoms with E-state index in [2.05, 4.69) is 62.0 Å². The summed E-state index contributed by atoms with van der Waals surface area (Å²) < 4.78 is 0. The number of pyridine rings is 1. The third-order valence-corrected chi connectivity index (χ3v) is 4.59. The van der Waals surface area contributed by atoms with Crippen LogP contribution in [0.5, 0.6) is 0 Å². The fourth-order valence-electron chi connectivity index (χ4n) is 3.90. The Bertz CT molecular complexity index is 434. The van der Waals surface area contributed by atoms with Gasteiger partial charge in [0.15, 0.2) is 0 Å². The highest BCUT2D eigenvalue weighted by atomic mass is 15.2. The van der Waals surface area contributed by atoms with Crippen molar-refractivity contribution in [3.05, 3.63) is 18.3 Å². The highest BCUT2D eigenvalue weighted by Crippen LogP contribution is 2.39. The van der Waals surface area contributed by atoms with E-state index in [1.807, 2.05) is 6.20 Å². The van der Waals surface area contributed by atoms with Gasteiger partial charge < -0.3 is 10.2 Å². The van der Waals surface area contributed by atoms with Gasteiger partial charge in [-0.1, -0.05) is 20.8 Å². The Labute approximate surface area is 130 Å². The first kappa shape index (κ1) is 16.1. The first-order valence-corrected chi connectivity index (χ1v) is 8.41. The molecular formula is C18H31N3.